The second-order valence-corrected chi connectivity index (χ2v) is 4.93. The Morgan fingerprint density at radius 1 is 1.05 bits per heavy atom. The van der Waals surface area contributed by atoms with Crippen molar-refractivity contribution in [2.24, 2.45) is 0 Å². The molecule has 0 heterocycles. The Labute approximate surface area is 131 Å². The van der Waals surface area contributed by atoms with Crippen LogP contribution in [0.15, 0.2) is 48.5 Å². The highest BCUT2D eigenvalue weighted by atomic mass is 16.5. The molecule has 0 aliphatic heterocycles. The molecule has 0 spiro atoms. The van der Waals surface area contributed by atoms with Crippen molar-refractivity contribution in [3.63, 3.8) is 0 Å². The molecular formula is C18H21NO3. The molecule has 4 nitrogen and oxygen atoms in total. The number of anilines is 1. The molecule has 0 aliphatic carbocycles. The highest BCUT2D eigenvalue weighted by molar-refractivity contribution is 5.96. The Hall–Kier alpha value is -2.49. The fraction of sp³-hybridized carbons (Fsp3) is 0.278. The van der Waals surface area contributed by atoms with E-state index in [1.165, 1.54) is 0 Å². The summed E-state index contributed by atoms with van der Waals surface area (Å²) in [6, 6.07) is 15.1. The lowest BCUT2D eigenvalue weighted by Gasteiger charge is -2.16. The molecule has 0 aliphatic rings. The van der Waals surface area contributed by atoms with E-state index in [-0.39, 0.29) is 11.8 Å². The average molecular weight is 299 g/mol. The summed E-state index contributed by atoms with van der Waals surface area (Å²) in [5.74, 6) is 1.03. The predicted molar refractivity (Wildman–Crippen MR) is 87.6 cm³/mol. The molecule has 1 atom stereocenters. The quantitative estimate of drug-likeness (QED) is 0.881. The summed E-state index contributed by atoms with van der Waals surface area (Å²) in [6.07, 6.45) is 0.739. The Bertz CT molecular complexity index is 625. The van der Waals surface area contributed by atoms with Gasteiger partial charge in [-0.3, -0.25) is 4.79 Å². The number of methoxy groups -OCH3 is 2. The Morgan fingerprint density at radius 3 is 2.32 bits per heavy atom. The molecule has 1 N–H and O–H groups in total. The van der Waals surface area contributed by atoms with E-state index in [0.29, 0.717) is 17.2 Å². The van der Waals surface area contributed by atoms with Gasteiger partial charge >= 0.3 is 0 Å². The SMILES string of the molecule is CCC(C(=O)Nc1ccc(OC)c(OC)c1)c1ccccc1. The van der Waals surface area contributed by atoms with Crippen LogP contribution in [0.1, 0.15) is 24.8 Å². The van der Waals surface area contributed by atoms with Crippen molar-refractivity contribution < 1.29 is 14.3 Å². The fourth-order valence-electron chi connectivity index (χ4n) is 2.40. The lowest BCUT2D eigenvalue weighted by Crippen LogP contribution is -2.20. The fourth-order valence-corrected chi connectivity index (χ4v) is 2.40. The van der Waals surface area contributed by atoms with Gasteiger partial charge in [-0.2, -0.15) is 0 Å². The van der Waals surface area contributed by atoms with Crippen LogP contribution in [0.3, 0.4) is 0 Å². The van der Waals surface area contributed by atoms with Gasteiger partial charge in [-0.05, 0) is 24.1 Å². The minimum absolute atomic E-state index is 0.0269. The third-order valence-electron chi connectivity index (χ3n) is 3.58. The van der Waals surface area contributed by atoms with Gasteiger partial charge in [0.05, 0.1) is 20.1 Å². The number of hydrogen-bond acceptors (Lipinski definition) is 3. The second kappa shape index (κ2) is 7.50. The van der Waals surface area contributed by atoms with Crippen LogP contribution in [0.25, 0.3) is 0 Å². The molecule has 2 aromatic carbocycles. The molecule has 0 bridgehead atoms. The van der Waals surface area contributed by atoms with E-state index in [0.717, 1.165) is 12.0 Å². The van der Waals surface area contributed by atoms with Gasteiger partial charge in [0.1, 0.15) is 0 Å². The maximum Gasteiger partial charge on any atom is 0.231 e. The molecule has 1 unspecified atom stereocenters. The van der Waals surface area contributed by atoms with Crippen LogP contribution in [0.5, 0.6) is 11.5 Å². The Morgan fingerprint density at radius 2 is 1.73 bits per heavy atom. The zero-order valence-electron chi connectivity index (χ0n) is 13.1. The molecule has 2 aromatic rings. The number of hydrogen-bond donors (Lipinski definition) is 1. The van der Waals surface area contributed by atoms with Crippen LogP contribution in [0.2, 0.25) is 0 Å². The van der Waals surface area contributed by atoms with E-state index < -0.39 is 0 Å². The summed E-state index contributed by atoms with van der Waals surface area (Å²) in [6.45, 7) is 2.01. The molecule has 22 heavy (non-hydrogen) atoms. The lowest BCUT2D eigenvalue weighted by atomic mass is 9.95. The molecule has 0 saturated carbocycles. The summed E-state index contributed by atoms with van der Waals surface area (Å²) >= 11 is 0. The van der Waals surface area contributed by atoms with Gasteiger partial charge in [0.15, 0.2) is 11.5 Å². The van der Waals surface area contributed by atoms with E-state index in [9.17, 15) is 4.79 Å². The van der Waals surface area contributed by atoms with Crippen LogP contribution in [-0.2, 0) is 4.79 Å². The molecule has 0 radical (unpaired) electrons. The molecular weight excluding hydrogens is 278 g/mol. The highest BCUT2D eigenvalue weighted by Crippen LogP contribution is 2.30. The number of rotatable bonds is 6. The van der Waals surface area contributed by atoms with Crippen LogP contribution in [0, 0.1) is 0 Å². The largest absolute Gasteiger partial charge is 0.493 e. The monoisotopic (exact) mass is 299 g/mol. The standard InChI is InChI=1S/C18H21NO3/c1-4-15(13-8-6-5-7-9-13)18(20)19-14-10-11-16(21-2)17(12-14)22-3/h5-12,15H,4H2,1-3H3,(H,19,20). The van der Waals surface area contributed by atoms with Crippen molar-refractivity contribution in [3.8, 4) is 11.5 Å². The van der Waals surface area contributed by atoms with Gasteiger partial charge in [-0.1, -0.05) is 37.3 Å². The highest BCUT2D eigenvalue weighted by Gasteiger charge is 2.19. The van der Waals surface area contributed by atoms with Gasteiger partial charge in [0.25, 0.3) is 0 Å². The number of nitrogens with one attached hydrogen (secondary N) is 1. The molecule has 0 fully saturated rings. The molecule has 116 valence electrons. The van der Waals surface area contributed by atoms with Crippen molar-refractivity contribution in [2.75, 3.05) is 19.5 Å². The maximum atomic E-state index is 12.5. The van der Waals surface area contributed by atoms with Crippen molar-refractivity contribution in [3.05, 3.63) is 54.1 Å². The first-order valence-corrected chi connectivity index (χ1v) is 7.27. The van der Waals surface area contributed by atoms with E-state index >= 15 is 0 Å². The first-order chi connectivity index (χ1) is 10.7. The third kappa shape index (κ3) is 3.58. The van der Waals surface area contributed by atoms with Crippen molar-refractivity contribution in [2.45, 2.75) is 19.3 Å². The summed E-state index contributed by atoms with van der Waals surface area (Å²) in [7, 11) is 3.15. The van der Waals surface area contributed by atoms with Crippen LogP contribution in [-0.4, -0.2) is 20.1 Å². The molecule has 0 aromatic heterocycles. The number of ether oxygens (including phenoxy) is 2. The molecule has 1 amide bonds. The summed E-state index contributed by atoms with van der Waals surface area (Å²) < 4.78 is 10.5. The van der Waals surface area contributed by atoms with Gasteiger partial charge in [-0.25, -0.2) is 0 Å². The number of amides is 1. The van der Waals surface area contributed by atoms with Crippen LogP contribution < -0.4 is 14.8 Å². The number of carbonyl (C=O) groups excluding carboxylic acids is 1. The predicted octanol–water partition coefficient (Wildman–Crippen LogP) is 3.84. The van der Waals surface area contributed by atoms with E-state index in [1.807, 2.05) is 37.3 Å². The van der Waals surface area contributed by atoms with Gasteiger partial charge in [-0.15, -0.1) is 0 Å². The minimum atomic E-state index is -0.172. The zero-order chi connectivity index (χ0) is 15.9. The van der Waals surface area contributed by atoms with Gasteiger partial charge in [0, 0.05) is 11.8 Å². The molecule has 0 saturated heterocycles. The van der Waals surface area contributed by atoms with Crippen LogP contribution >= 0.6 is 0 Å². The van der Waals surface area contributed by atoms with Gasteiger partial charge in [0.2, 0.25) is 5.91 Å². The third-order valence-corrected chi connectivity index (χ3v) is 3.58. The summed E-state index contributed by atoms with van der Waals surface area (Å²) in [4.78, 5) is 12.5. The topological polar surface area (TPSA) is 47.6 Å². The smallest absolute Gasteiger partial charge is 0.231 e. The van der Waals surface area contributed by atoms with Gasteiger partial charge < -0.3 is 14.8 Å². The second-order valence-electron chi connectivity index (χ2n) is 4.93. The molecule has 4 heteroatoms. The number of benzene rings is 2. The molecule has 2 rings (SSSR count). The van der Waals surface area contributed by atoms with Crippen LogP contribution in [0.4, 0.5) is 5.69 Å². The minimum Gasteiger partial charge on any atom is -0.493 e. The first-order valence-electron chi connectivity index (χ1n) is 7.27. The van der Waals surface area contributed by atoms with Crippen molar-refractivity contribution in [1.29, 1.82) is 0 Å². The average Bonchev–Trinajstić information content (AvgIpc) is 2.56. The number of carbonyl (C=O) groups is 1. The summed E-state index contributed by atoms with van der Waals surface area (Å²) in [5.41, 5.74) is 1.71. The Kier molecular flexibility index (Phi) is 5.42. The summed E-state index contributed by atoms with van der Waals surface area (Å²) in [5, 5.41) is 2.94. The lowest BCUT2D eigenvalue weighted by molar-refractivity contribution is -0.117. The van der Waals surface area contributed by atoms with E-state index in [4.69, 9.17) is 9.47 Å². The zero-order valence-corrected chi connectivity index (χ0v) is 13.1. The Balaban J connectivity index is 2.17. The maximum absolute atomic E-state index is 12.5. The van der Waals surface area contributed by atoms with Crippen molar-refractivity contribution in [1.82, 2.24) is 0 Å². The normalized spacial score (nSPS) is 11.6. The first kappa shape index (κ1) is 15.9. The van der Waals surface area contributed by atoms with E-state index in [2.05, 4.69) is 5.32 Å². The van der Waals surface area contributed by atoms with Crippen molar-refractivity contribution >= 4 is 11.6 Å². The van der Waals surface area contributed by atoms with E-state index in [1.54, 1.807) is 32.4 Å².